The Morgan fingerprint density at radius 3 is 2.25 bits per heavy atom. The summed E-state index contributed by atoms with van der Waals surface area (Å²) in [6.07, 6.45) is -12.5. The van der Waals surface area contributed by atoms with E-state index in [1.54, 1.807) is 0 Å². The van der Waals surface area contributed by atoms with Gasteiger partial charge in [-0.3, -0.25) is 23.4 Å². The number of aromatic amines is 1. The second-order valence-electron chi connectivity index (χ2n) is 7.77. The number of hydrogen-bond donors (Lipinski definition) is 9. The van der Waals surface area contributed by atoms with Crippen LogP contribution < -0.4 is 17.0 Å². The molecule has 3 unspecified atom stereocenters. The average molecular weight is 565 g/mol. The fraction of sp³-hybridized carbons (Fsp3) is 0.733. The monoisotopic (exact) mass is 565 g/mol. The van der Waals surface area contributed by atoms with Gasteiger partial charge in [0.05, 0.1) is 19.3 Å². The molecule has 2 aliphatic heterocycles. The van der Waals surface area contributed by atoms with Crippen LogP contribution in [-0.4, -0.2) is 107 Å². The number of nitrogens with zero attached hydrogens (tertiary/aromatic N) is 1. The van der Waals surface area contributed by atoms with Crippen LogP contribution in [-0.2, 0) is 32.0 Å². The molecule has 21 heteroatoms. The van der Waals surface area contributed by atoms with Crippen LogP contribution in [0.15, 0.2) is 21.9 Å². The highest BCUT2D eigenvalue weighted by atomic mass is 31.3. The van der Waals surface area contributed by atoms with Crippen molar-refractivity contribution in [3.8, 4) is 0 Å². The van der Waals surface area contributed by atoms with Crippen LogP contribution in [0.3, 0.4) is 0 Å². The van der Waals surface area contributed by atoms with Crippen molar-refractivity contribution in [2.75, 3.05) is 13.2 Å². The van der Waals surface area contributed by atoms with Gasteiger partial charge in [-0.15, -0.1) is 0 Å². The Morgan fingerprint density at radius 2 is 1.64 bits per heavy atom. The number of H-pyrrole nitrogens is 1. The predicted molar refractivity (Wildman–Crippen MR) is 111 cm³/mol. The van der Waals surface area contributed by atoms with Gasteiger partial charge < -0.3 is 50.5 Å². The van der Waals surface area contributed by atoms with Crippen LogP contribution in [0.5, 0.6) is 0 Å². The first-order valence-electron chi connectivity index (χ1n) is 10.1. The second-order valence-corrected chi connectivity index (χ2v) is 10.8. The molecule has 10 N–H and O–H groups in total. The van der Waals surface area contributed by atoms with Gasteiger partial charge in [0, 0.05) is 12.3 Å². The first-order chi connectivity index (χ1) is 16.7. The second kappa shape index (κ2) is 11.2. The van der Waals surface area contributed by atoms with E-state index >= 15 is 0 Å². The van der Waals surface area contributed by atoms with Gasteiger partial charge in [0.25, 0.3) is 5.56 Å². The topological polar surface area (TPSA) is 303 Å². The molecule has 2 fully saturated rings. The van der Waals surface area contributed by atoms with E-state index < -0.39 is 95.3 Å². The summed E-state index contributed by atoms with van der Waals surface area (Å²) in [5.41, 5.74) is 3.82. The van der Waals surface area contributed by atoms with E-state index in [1.165, 1.54) is 0 Å². The third kappa shape index (κ3) is 6.54. The normalized spacial score (nSPS) is 38.4. The summed E-state index contributed by atoms with van der Waals surface area (Å²) in [7, 11) is -11.0. The first-order valence-corrected chi connectivity index (χ1v) is 13.1. The summed E-state index contributed by atoms with van der Waals surface area (Å²) in [4.78, 5) is 44.6. The van der Waals surface area contributed by atoms with Gasteiger partial charge in [-0.05, 0) is 0 Å². The van der Waals surface area contributed by atoms with Gasteiger partial charge in [-0.25, -0.2) is 13.9 Å². The fourth-order valence-electron chi connectivity index (χ4n) is 3.39. The van der Waals surface area contributed by atoms with Crippen molar-refractivity contribution < 1.29 is 67.3 Å². The number of aliphatic hydroxyl groups is 5. The van der Waals surface area contributed by atoms with Crippen LogP contribution in [0.1, 0.15) is 6.23 Å². The zero-order valence-electron chi connectivity index (χ0n) is 18.0. The Kier molecular flexibility index (Phi) is 9.05. The maximum Gasteiger partial charge on any atom is 0.483 e. The Labute approximate surface area is 200 Å². The summed E-state index contributed by atoms with van der Waals surface area (Å²) < 4.78 is 48.5. The van der Waals surface area contributed by atoms with Gasteiger partial charge in [0.2, 0.25) is 0 Å². The highest BCUT2D eigenvalue weighted by molar-refractivity contribution is 7.61. The van der Waals surface area contributed by atoms with E-state index in [0.29, 0.717) is 0 Å². The number of nitrogens with two attached hydrogens (primary N) is 1. The molecule has 0 saturated carbocycles. The minimum absolute atomic E-state index is 0.735. The quantitative estimate of drug-likeness (QED) is 0.127. The lowest BCUT2D eigenvalue weighted by Crippen LogP contribution is -2.62. The number of phosphoric ester groups is 2. The number of nitrogens with one attached hydrogen (secondary N) is 1. The third-order valence-corrected chi connectivity index (χ3v) is 7.84. The van der Waals surface area contributed by atoms with E-state index in [4.69, 9.17) is 20.3 Å². The molecule has 0 aliphatic carbocycles. The van der Waals surface area contributed by atoms with E-state index in [0.717, 1.165) is 16.8 Å². The van der Waals surface area contributed by atoms with Crippen LogP contribution in [0.2, 0.25) is 0 Å². The lowest BCUT2D eigenvalue weighted by atomic mass is 9.98. The molecule has 0 radical (unpaired) electrons. The molecule has 11 atom stereocenters. The molecule has 36 heavy (non-hydrogen) atoms. The number of aromatic nitrogens is 2. The summed E-state index contributed by atoms with van der Waals surface area (Å²) >= 11 is 0. The molecule has 2 aliphatic rings. The van der Waals surface area contributed by atoms with E-state index in [-0.39, 0.29) is 0 Å². The molecular weight excluding hydrogens is 540 g/mol. The fourth-order valence-corrected chi connectivity index (χ4v) is 5.57. The Hall–Kier alpha value is -1.38. The van der Waals surface area contributed by atoms with Crippen LogP contribution in [0.25, 0.3) is 0 Å². The minimum atomic E-state index is -5.51. The average Bonchev–Trinajstić information content (AvgIpc) is 3.06. The summed E-state index contributed by atoms with van der Waals surface area (Å²) in [5, 5.41) is 49.0. The van der Waals surface area contributed by atoms with Crippen molar-refractivity contribution in [1.82, 2.24) is 9.55 Å². The zero-order valence-corrected chi connectivity index (χ0v) is 19.8. The van der Waals surface area contributed by atoms with Crippen molar-refractivity contribution in [2.24, 2.45) is 5.73 Å². The summed E-state index contributed by atoms with van der Waals surface area (Å²) in [5.74, 6) is 0. The van der Waals surface area contributed by atoms with Crippen molar-refractivity contribution in [3.05, 3.63) is 33.1 Å². The highest BCUT2D eigenvalue weighted by Crippen LogP contribution is 2.61. The number of ether oxygens (including phenoxy) is 2. The largest absolute Gasteiger partial charge is 0.483 e. The number of rotatable bonds is 9. The molecule has 0 spiro atoms. The third-order valence-electron chi connectivity index (χ3n) is 5.24. The zero-order chi connectivity index (χ0) is 27.0. The Bertz CT molecular complexity index is 1130. The molecule has 1 aromatic rings. The lowest BCUT2D eigenvalue weighted by Gasteiger charge is -2.40. The molecule has 3 heterocycles. The molecule has 1 aromatic heterocycles. The molecule has 0 bridgehead atoms. The maximum atomic E-state index is 12.2. The Balaban J connectivity index is 1.61. The van der Waals surface area contributed by atoms with Crippen molar-refractivity contribution in [3.63, 3.8) is 0 Å². The summed E-state index contributed by atoms with van der Waals surface area (Å²) in [6.45, 7) is -1.84. The molecule has 3 rings (SSSR count). The maximum absolute atomic E-state index is 12.2. The van der Waals surface area contributed by atoms with Crippen molar-refractivity contribution in [1.29, 1.82) is 0 Å². The highest BCUT2D eigenvalue weighted by Gasteiger charge is 2.49. The standard InChI is InChI=1S/C15H25N3O16P2/c16-8-11(23)9(21)5(3-19)32-14(8)33-36(28,29)34-35(26,27)30-4-6-10(22)12(24)13(31-6)18-2-1-7(20)17-15(18)25/h1-2,5-6,8-14,19,21-24H,3-4,16H2,(H,26,27)(H,28,29)(H,17,20,25)/t5-,6-,8-,9-,10-,11-,12-,13-,14?/m1/s1. The molecular formula is C15H25N3O16P2. The minimum Gasteiger partial charge on any atom is -0.394 e. The van der Waals surface area contributed by atoms with E-state index in [1.807, 2.05) is 4.98 Å². The van der Waals surface area contributed by atoms with Gasteiger partial charge in [0.1, 0.15) is 36.6 Å². The number of hydrogen-bond acceptors (Lipinski definition) is 15. The van der Waals surface area contributed by atoms with E-state index in [2.05, 4.69) is 13.4 Å². The van der Waals surface area contributed by atoms with Gasteiger partial charge in [-0.2, -0.15) is 4.31 Å². The smallest absolute Gasteiger partial charge is 0.394 e. The SMILES string of the molecule is N[C@H]1C(OP(=O)(O)OP(=O)(O)OC[C@H]2O[C@@H](n3ccc(=O)[nH]c3=O)[C@H](O)[C@@H]2O)O[C@H](CO)[C@@H](O)[C@@H]1O. The van der Waals surface area contributed by atoms with Crippen LogP contribution >= 0.6 is 15.6 Å². The molecule has 19 nitrogen and oxygen atoms in total. The number of phosphoric acid groups is 2. The van der Waals surface area contributed by atoms with Crippen molar-refractivity contribution >= 4 is 15.6 Å². The molecule has 0 amide bonds. The van der Waals surface area contributed by atoms with Crippen molar-refractivity contribution in [2.45, 2.75) is 55.2 Å². The number of aliphatic hydroxyl groups excluding tert-OH is 5. The van der Waals surface area contributed by atoms with Gasteiger partial charge >= 0.3 is 21.3 Å². The predicted octanol–water partition coefficient (Wildman–Crippen LogP) is -4.83. The van der Waals surface area contributed by atoms with Gasteiger partial charge in [0.15, 0.2) is 12.5 Å². The summed E-state index contributed by atoms with van der Waals surface area (Å²) in [6, 6.07) is -0.699. The first kappa shape index (κ1) is 29.2. The van der Waals surface area contributed by atoms with Crippen LogP contribution in [0.4, 0.5) is 0 Å². The van der Waals surface area contributed by atoms with Crippen LogP contribution in [0, 0.1) is 0 Å². The molecule has 2 saturated heterocycles. The molecule has 206 valence electrons. The van der Waals surface area contributed by atoms with Gasteiger partial charge in [-0.1, -0.05) is 0 Å². The lowest BCUT2D eigenvalue weighted by molar-refractivity contribution is -0.242. The Morgan fingerprint density at radius 1 is 1.00 bits per heavy atom. The van der Waals surface area contributed by atoms with E-state index in [9.17, 15) is 48.9 Å². The molecule has 0 aromatic carbocycles.